The Labute approximate surface area is 477 Å². The number of carbonyl (C=O) groups excluding carboxylic acids is 1. The van der Waals surface area contributed by atoms with Gasteiger partial charge in [0.25, 0.3) is 0 Å². The van der Waals surface area contributed by atoms with Crippen LogP contribution in [0.3, 0.4) is 0 Å². The third-order valence-electron chi connectivity index (χ3n) is 16.9. The highest BCUT2D eigenvalue weighted by Crippen LogP contribution is 2.24. The molecule has 1 rings (SSSR count). The lowest BCUT2D eigenvalue weighted by Gasteiger charge is -2.40. The minimum atomic E-state index is -1.56. The number of hydrogen-bond acceptors (Lipinski definition) is 8. The van der Waals surface area contributed by atoms with Crippen LogP contribution in [0.2, 0.25) is 0 Å². The summed E-state index contributed by atoms with van der Waals surface area (Å²) in [4.78, 5) is 13.1. The van der Waals surface area contributed by atoms with Crippen molar-refractivity contribution >= 4 is 5.91 Å². The summed E-state index contributed by atoms with van der Waals surface area (Å²) in [6.07, 6.45) is 67.5. The maximum atomic E-state index is 13.1. The number of carbonyl (C=O) groups is 1. The molecule has 9 heteroatoms. The third-order valence-corrected chi connectivity index (χ3v) is 16.9. The first-order valence-corrected chi connectivity index (χ1v) is 34.4. The Balaban J connectivity index is 2.12. The number of allylic oxidation sites excluding steroid dienone is 1. The van der Waals surface area contributed by atoms with Gasteiger partial charge in [0.1, 0.15) is 24.4 Å². The van der Waals surface area contributed by atoms with Gasteiger partial charge in [-0.25, -0.2) is 0 Å². The van der Waals surface area contributed by atoms with Crippen molar-refractivity contribution in [2.75, 3.05) is 13.2 Å². The largest absolute Gasteiger partial charge is 0.394 e. The average molecular weight is 1090 g/mol. The molecular weight excluding hydrogens is 959 g/mol. The summed E-state index contributed by atoms with van der Waals surface area (Å²) in [7, 11) is 0. The fourth-order valence-electron chi connectivity index (χ4n) is 11.5. The van der Waals surface area contributed by atoms with E-state index >= 15 is 0 Å². The lowest BCUT2D eigenvalue weighted by atomic mass is 9.99. The minimum absolute atomic E-state index is 0.168. The Morgan fingerprint density at radius 3 is 1.01 bits per heavy atom. The third kappa shape index (κ3) is 47.2. The normalized spacial score (nSPS) is 18.7. The van der Waals surface area contributed by atoms with Crippen LogP contribution in [0, 0.1) is 0 Å². The minimum Gasteiger partial charge on any atom is -0.394 e. The molecule has 1 amide bonds. The molecule has 0 aliphatic carbocycles. The fraction of sp³-hybridized carbons (Fsp3) is 0.956. The molecule has 1 heterocycles. The van der Waals surface area contributed by atoms with E-state index in [1.807, 2.05) is 6.08 Å². The molecule has 6 N–H and O–H groups in total. The van der Waals surface area contributed by atoms with Crippen LogP contribution >= 0.6 is 0 Å². The second-order valence-electron chi connectivity index (χ2n) is 24.3. The summed E-state index contributed by atoms with van der Waals surface area (Å²) in [5, 5.41) is 54.7. The number of amides is 1. The number of nitrogens with one attached hydrogen (secondary N) is 1. The molecule has 0 radical (unpaired) electrons. The zero-order valence-corrected chi connectivity index (χ0v) is 51.3. The molecule has 0 bridgehead atoms. The predicted molar refractivity (Wildman–Crippen MR) is 327 cm³/mol. The number of aliphatic hydroxyl groups excluding tert-OH is 5. The van der Waals surface area contributed by atoms with Gasteiger partial charge in [-0.1, -0.05) is 347 Å². The second kappa shape index (κ2) is 58.1. The van der Waals surface area contributed by atoms with Crippen LogP contribution in [-0.2, 0) is 14.3 Å². The quantitative estimate of drug-likeness (QED) is 0.0261. The van der Waals surface area contributed by atoms with Crippen molar-refractivity contribution in [3.05, 3.63) is 12.2 Å². The van der Waals surface area contributed by atoms with Crippen LogP contribution in [0.1, 0.15) is 361 Å². The highest BCUT2D eigenvalue weighted by atomic mass is 16.7. The van der Waals surface area contributed by atoms with Crippen molar-refractivity contribution in [2.45, 2.75) is 403 Å². The van der Waals surface area contributed by atoms with Gasteiger partial charge in [0.05, 0.1) is 25.4 Å². The van der Waals surface area contributed by atoms with E-state index < -0.39 is 49.5 Å². The summed E-state index contributed by atoms with van der Waals surface area (Å²) in [6.45, 7) is 3.84. The number of rotatable bonds is 61. The highest BCUT2D eigenvalue weighted by Gasteiger charge is 2.44. The number of unbranched alkanes of at least 4 members (excludes halogenated alkanes) is 51. The van der Waals surface area contributed by atoms with Gasteiger partial charge in [-0.3, -0.25) is 4.79 Å². The molecule has 0 aromatic heterocycles. The van der Waals surface area contributed by atoms with E-state index in [-0.39, 0.29) is 12.5 Å². The topological polar surface area (TPSA) is 149 Å². The summed E-state index contributed by atoms with van der Waals surface area (Å²) in [5.41, 5.74) is 0. The zero-order valence-electron chi connectivity index (χ0n) is 51.3. The van der Waals surface area contributed by atoms with Crippen LogP contribution < -0.4 is 5.32 Å². The van der Waals surface area contributed by atoms with Gasteiger partial charge in [-0.05, 0) is 19.3 Å². The molecule has 1 saturated heterocycles. The zero-order chi connectivity index (χ0) is 55.8. The van der Waals surface area contributed by atoms with Gasteiger partial charge in [0, 0.05) is 6.42 Å². The van der Waals surface area contributed by atoms with E-state index in [1.54, 1.807) is 6.08 Å². The Hall–Kier alpha value is -1.07. The SMILES string of the molecule is CCCCCCCCCCCCCCCCCCCCCCCCCCCCCCCC/C=C/C(O)C(COC1OC(CO)C(O)C(O)C1O)NC(=O)CCCCCCCCCCCCCCCCCCCCCCCC. The molecule has 0 aromatic rings. The standard InChI is InChI=1S/C68H133NO8/c1-3-5-7-9-11-13-15-17-19-21-23-25-27-28-29-30-31-32-33-34-35-36-37-39-41-43-45-47-49-51-53-55-57-62(71)61(60-76-68-67(75)66(74)65(73)63(59-70)77-68)69-64(72)58-56-54-52-50-48-46-44-42-40-38-26-24-22-20-18-16-14-12-10-8-6-4-2/h55,57,61-63,65-68,70-71,73-75H,3-54,56,58-60H2,1-2H3,(H,69,72)/b57-55+. The van der Waals surface area contributed by atoms with E-state index in [4.69, 9.17) is 9.47 Å². The first-order chi connectivity index (χ1) is 37.8. The summed E-state index contributed by atoms with van der Waals surface area (Å²) in [6, 6.07) is -0.802. The molecule has 1 aliphatic heterocycles. The van der Waals surface area contributed by atoms with Crippen LogP contribution in [-0.4, -0.2) is 87.5 Å². The summed E-state index contributed by atoms with van der Waals surface area (Å²) < 4.78 is 11.3. The maximum Gasteiger partial charge on any atom is 0.220 e. The first-order valence-electron chi connectivity index (χ1n) is 34.4. The van der Waals surface area contributed by atoms with Crippen molar-refractivity contribution in [3.63, 3.8) is 0 Å². The van der Waals surface area contributed by atoms with E-state index in [9.17, 15) is 30.3 Å². The molecular formula is C68H133NO8. The van der Waals surface area contributed by atoms with Crippen molar-refractivity contribution < 1.29 is 39.8 Å². The summed E-state index contributed by atoms with van der Waals surface area (Å²) >= 11 is 0. The van der Waals surface area contributed by atoms with Crippen molar-refractivity contribution in [2.24, 2.45) is 0 Å². The molecule has 7 atom stereocenters. The second-order valence-corrected chi connectivity index (χ2v) is 24.3. The smallest absolute Gasteiger partial charge is 0.220 e. The molecule has 7 unspecified atom stereocenters. The van der Waals surface area contributed by atoms with Gasteiger partial charge in [0.2, 0.25) is 5.91 Å². The molecule has 0 aromatic carbocycles. The van der Waals surface area contributed by atoms with Crippen molar-refractivity contribution in [1.82, 2.24) is 5.32 Å². The highest BCUT2D eigenvalue weighted by molar-refractivity contribution is 5.76. The lowest BCUT2D eigenvalue weighted by molar-refractivity contribution is -0.302. The van der Waals surface area contributed by atoms with Crippen LogP contribution in [0.5, 0.6) is 0 Å². The van der Waals surface area contributed by atoms with Gasteiger partial charge >= 0.3 is 0 Å². The lowest BCUT2D eigenvalue weighted by Crippen LogP contribution is -2.60. The van der Waals surface area contributed by atoms with Gasteiger partial charge in [-0.2, -0.15) is 0 Å². The molecule has 1 fully saturated rings. The first kappa shape index (κ1) is 73.9. The molecule has 458 valence electrons. The van der Waals surface area contributed by atoms with Crippen molar-refractivity contribution in [1.29, 1.82) is 0 Å². The Bertz CT molecular complexity index is 1220. The van der Waals surface area contributed by atoms with Gasteiger partial charge in [0.15, 0.2) is 6.29 Å². The van der Waals surface area contributed by atoms with E-state index in [0.717, 1.165) is 38.5 Å². The monoisotopic (exact) mass is 1090 g/mol. The van der Waals surface area contributed by atoms with E-state index in [1.165, 1.54) is 302 Å². The van der Waals surface area contributed by atoms with Gasteiger partial charge < -0.3 is 40.3 Å². The van der Waals surface area contributed by atoms with E-state index in [0.29, 0.717) is 6.42 Å². The molecule has 9 nitrogen and oxygen atoms in total. The maximum absolute atomic E-state index is 13.1. The fourth-order valence-corrected chi connectivity index (χ4v) is 11.5. The molecule has 1 aliphatic rings. The number of hydrogen-bond donors (Lipinski definition) is 6. The summed E-state index contributed by atoms with van der Waals surface area (Å²) in [5.74, 6) is -0.168. The molecule has 0 saturated carbocycles. The number of aliphatic hydroxyl groups is 5. The Kier molecular flexibility index (Phi) is 55.8. The van der Waals surface area contributed by atoms with Crippen LogP contribution in [0.25, 0.3) is 0 Å². The average Bonchev–Trinajstić information content (AvgIpc) is 3.43. The Morgan fingerprint density at radius 1 is 0.429 bits per heavy atom. The van der Waals surface area contributed by atoms with Crippen LogP contribution in [0.15, 0.2) is 12.2 Å². The molecule has 77 heavy (non-hydrogen) atoms. The van der Waals surface area contributed by atoms with Gasteiger partial charge in [-0.15, -0.1) is 0 Å². The molecule has 0 spiro atoms. The van der Waals surface area contributed by atoms with Crippen LogP contribution in [0.4, 0.5) is 0 Å². The predicted octanol–water partition coefficient (Wildman–Crippen LogP) is 18.3. The van der Waals surface area contributed by atoms with Crippen molar-refractivity contribution in [3.8, 4) is 0 Å². The number of ether oxygens (including phenoxy) is 2. The van der Waals surface area contributed by atoms with E-state index in [2.05, 4.69) is 19.2 Å². The Morgan fingerprint density at radius 2 is 0.714 bits per heavy atom.